The summed E-state index contributed by atoms with van der Waals surface area (Å²) in [4.78, 5) is 25.6. The van der Waals surface area contributed by atoms with Crippen molar-refractivity contribution in [2.75, 3.05) is 27.4 Å². The monoisotopic (exact) mass is 460 g/mol. The number of methoxy groups -OCH3 is 2. The van der Waals surface area contributed by atoms with E-state index in [2.05, 4.69) is 10.6 Å². The Balaban J connectivity index is 2.19. The van der Waals surface area contributed by atoms with Crippen LogP contribution in [0.2, 0.25) is 5.02 Å². The van der Waals surface area contributed by atoms with Gasteiger partial charge in [0.1, 0.15) is 5.75 Å². The summed E-state index contributed by atoms with van der Waals surface area (Å²) in [7, 11) is 3.05. The molecule has 2 aromatic rings. The van der Waals surface area contributed by atoms with Crippen LogP contribution in [0.15, 0.2) is 42.0 Å². The molecule has 0 saturated carbocycles. The molecule has 1 unspecified atom stereocenters. The lowest BCUT2D eigenvalue weighted by atomic mass is 9.92. The Bertz CT molecular complexity index is 1040. The molecule has 0 aromatic heterocycles. The number of nitrogens with one attached hydrogen (secondary N) is 2. The zero-order valence-corrected chi connectivity index (χ0v) is 19.0. The van der Waals surface area contributed by atoms with Gasteiger partial charge >= 0.3 is 12.0 Å². The van der Waals surface area contributed by atoms with Gasteiger partial charge < -0.3 is 29.6 Å². The molecule has 0 spiro atoms. The Morgan fingerprint density at radius 2 is 1.78 bits per heavy atom. The predicted octanol–water partition coefficient (Wildman–Crippen LogP) is 4.08. The molecule has 1 aliphatic heterocycles. The predicted molar refractivity (Wildman–Crippen MR) is 120 cm³/mol. The Hall–Kier alpha value is -3.39. The second-order valence-electron chi connectivity index (χ2n) is 6.74. The maximum atomic E-state index is 13.0. The SMILES string of the molecule is CCOC(=O)C1=C(c2ccc(OC)cc2)NC(=O)NC1c1cc(Cl)c(OCC)c(OC)c1. The number of urea groups is 1. The van der Waals surface area contributed by atoms with Crippen molar-refractivity contribution in [1.29, 1.82) is 0 Å². The van der Waals surface area contributed by atoms with Crippen molar-refractivity contribution < 1.29 is 28.5 Å². The van der Waals surface area contributed by atoms with Gasteiger partial charge in [-0.25, -0.2) is 9.59 Å². The van der Waals surface area contributed by atoms with Crippen LogP contribution < -0.4 is 24.8 Å². The minimum atomic E-state index is -0.832. The van der Waals surface area contributed by atoms with Crippen molar-refractivity contribution in [2.24, 2.45) is 0 Å². The maximum absolute atomic E-state index is 13.0. The van der Waals surface area contributed by atoms with Gasteiger partial charge in [-0.05, 0) is 61.4 Å². The average Bonchev–Trinajstić information content (AvgIpc) is 2.79. The average molecular weight is 461 g/mol. The lowest BCUT2D eigenvalue weighted by molar-refractivity contribution is -0.138. The van der Waals surface area contributed by atoms with Gasteiger partial charge in [0.2, 0.25) is 0 Å². The molecule has 1 aliphatic rings. The molecule has 1 atom stereocenters. The van der Waals surface area contributed by atoms with Crippen molar-refractivity contribution >= 4 is 29.3 Å². The van der Waals surface area contributed by atoms with Gasteiger partial charge in [0.15, 0.2) is 11.5 Å². The van der Waals surface area contributed by atoms with Crippen molar-refractivity contribution in [3.63, 3.8) is 0 Å². The van der Waals surface area contributed by atoms with Crippen molar-refractivity contribution in [2.45, 2.75) is 19.9 Å². The van der Waals surface area contributed by atoms with Gasteiger partial charge in [-0.1, -0.05) is 11.6 Å². The molecule has 9 heteroatoms. The number of carbonyl (C=O) groups is 2. The van der Waals surface area contributed by atoms with Crippen LogP contribution in [0.4, 0.5) is 4.79 Å². The third kappa shape index (κ3) is 4.75. The third-order valence-corrected chi connectivity index (χ3v) is 5.10. The Morgan fingerprint density at radius 1 is 1.06 bits per heavy atom. The van der Waals surface area contributed by atoms with Gasteiger partial charge in [0.25, 0.3) is 0 Å². The van der Waals surface area contributed by atoms with Crippen LogP contribution in [-0.4, -0.2) is 39.4 Å². The van der Waals surface area contributed by atoms with E-state index in [9.17, 15) is 9.59 Å². The number of amides is 2. The molecule has 32 heavy (non-hydrogen) atoms. The number of carbonyl (C=O) groups excluding carboxylic acids is 2. The van der Waals surface area contributed by atoms with Gasteiger partial charge in [0.05, 0.1) is 49.8 Å². The van der Waals surface area contributed by atoms with E-state index < -0.39 is 18.0 Å². The smallest absolute Gasteiger partial charge is 0.338 e. The lowest BCUT2D eigenvalue weighted by Gasteiger charge is -2.30. The molecule has 0 aliphatic carbocycles. The molecule has 0 bridgehead atoms. The summed E-state index contributed by atoms with van der Waals surface area (Å²) in [5.41, 5.74) is 1.74. The van der Waals surface area contributed by atoms with Crippen LogP contribution in [0.25, 0.3) is 5.70 Å². The summed E-state index contributed by atoms with van der Waals surface area (Å²) in [6.07, 6.45) is 0. The highest BCUT2D eigenvalue weighted by molar-refractivity contribution is 6.32. The van der Waals surface area contributed by atoms with Gasteiger partial charge in [-0.3, -0.25) is 0 Å². The first-order chi connectivity index (χ1) is 15.4. The van der Waals surface area contributed by atoms with Gasteiger partial charge in [-0.15, -0.1) is 0 Å². The lowest BCUT2D eigenvalue weighted by Crippen LogP contribution is -2.45. The van der Waals surface area contributed by atoms with Crippen molar-refractivity contribution in [1.82, 2.24) is 10.6 Å². The molecular weight excluding hydrogens is 436 g/mol. The fourth-order valence-corrected chi connectivity index (χ4v) is 3.69. The van der Waals surface area contributed by atoms with E-state index in [0.29, 0.717) is 45.7 Å². The van der Waals surface area contributed by atoms with E-state index in [-0.39, 0.29) is 12.2 Å². The fraction of sp³-hybridized carbons (Fsp3) is 0.304. The van der Waals surface area contributed by atoms with Crippen LogP contribution in [0.5, 0.6) is 17.2 Å². The summed E-state index contributed by atoms with van der Waals surface area (Å²) >= 11 is 6.44. The highest BCUT2D eigenvalue weighted by Gasteiger charge is 2.35. The zero-order valence-electron chi connectivity index (χ0n) is 18.3. The standard InChI is InChI=1S/C23H25ClN2O6/c1-5-31-21-16(24)11-14(12-17(21)30-4)20-18(22(27)32-6-2)19(25-23(28)26-20)13-7-9-15(29-3)10-8-13/h7-12,20H,5-6H2,1-4H3,(H2,25,26,28). The topological polar surface area (TPSA) is 95.1 Å². The third-order valence-electron chi connectivity index (χ3n) is 4.82. The fourth-order valence-electron chi connectivity index (χ4n) is 3.42. The maximum Gasteiger partial charge on any atom is 0.338 e. The number of ether oxygens (including phenoxy) is 4. The molecule has 0 radical (unpaired) electrons. The van der Waals surface area contributed by atoms with E-state index in [1.165, 1.54) is 7.11 Å². The van der Waals surface area contributed by atoms with Crippen LogP contribution >= 0.6 is 11.6 Å². The minimum Gasteiger partial charge on any atom is -0.497 e. The molecule has 0 fully saturated rings. The van der Waals surface area contributed by atoms with Crippen LogP contribution in [0, 0.1) is 0 Å². The van der Waals surface area contributed by atoms with E-state index >= 15 is 0 Å². The first-order valence-electron chi connectivity index (χ1n) is 10.1. The number of hydrogen-bond acceptors (Lipinski definition) is 6. The van der Waals surface area contributed by atoms with Gasteiger partial charge in [0, 0.05) is 0 Å². The zero-order chi connectivity index (χ0) is 23.3. The minimum absolute atomic E-state index is 0.173. The Morgan fingerprint density at radius 3 is 2.38 bits per heavy atom. The normalized spacial score (nSPS) is 15.5. The summed E-state index contributed by atoms with van der Waals surface area (Å²) in [5, 5.41) is 5.81. The van der Waals surface area contributed by atoms with E-state index in [4.69, 9.17) is 30.5 Å². The molecule has 2 amide bonds. The second-order valence-corrected chi connectivity index (χ2v) is 7.14. The first kappa shape index (κ1) is 23.3. The summed E-state index contributed by atoms with van der Waals surface area (Å²) in [6.45, 7) is 4.12. The number of halogens is 1. The molecule has 170 valence electrons. The quantitative estimate of drug-likeness (QED) is 0.576. The van der Waals surface area contributed by atoms with E-state index in [1.807, 2.05) is 6.92 Å². The molecule has 2 aromatic carbocycles. The first-order valence-corrected chi connectivity index (χ1v) is 10.4. The van der Waals surface area contributed by atoms with E-state index in [1.54, 1.807) is 50.4 Å². The number of hydrogen-bond donors (Lipinski definition) is 2. The largest absolute Gasteiger partial charge is 0.497 e. The molecule has 3 rings (SSSR count). The highest BCUT2D eigenvalue weighted by atomic mass is 35.5. The Kier molecular flexibility index (Phi) is 7.48. The summed E-state index contributed by atoms with van der Waals surface area (Å²) < 4.78 is 21.5. The number of benzene rings is 2. The number of rotatable bonds is 8. The van der Waals surface area contributed by atoms with Crippen molar-refractivity contribution in [3.8, 4) is 17.2 Å². The molecular formula is C23H25ClN2O6. The highest BCUT2D eigenvalue weighted by Crippen LogP contribution is 2.41. The molecule has 1 heterocycles. The Labute approximate surface area is 191 Å². The number of esters is 1. The van der Waals surface area contributed by atoms with Crippen LogP contribution in [0.3, 0.4) is 0 Å². The molecule has 0 saturated heterocycles. The molecule has 8 nitrogen and oxygen atoms in total. The summed E-state index contributed by atoms with van der Waals surface area (Å²) in [5.74, 6) is 0.848. The molecule has 2 N–H and O–H groups in total. The summed E-state index contributed by atoms with van der Waals surface area (Å²) in [6, 6.07) is 8.99. The second kappa shape index (κ2) is 10.3. The van der Waals surface area contributed by atoms with Gasteiger partial charge in [-0.2, -0.15) is 0 Å². The van der Waals surface area contributed by atoms with E-state index in [0.717, 1.165) is 0 Å². The van der Waals surface area contributed by atoms with Crippen LogP contribution in [-0.2, 0) is 9.53 Å². The van der Waals surface area contributed by atoms with Crippen molar-refractivity contribution in [3.05, 3.63) is 58.1 Å². The van der Waals surface area contributed by atoms with Crippen LogP contribution in [0.1, 0.15) is 31.0 Å².